The van der Waals surface area contributed by atoms with E-state index in [4.69, 9.17) is 19.2 Å². The molecule has 166 valence electrons. The molecule has 7 heteroatoms. The second kappa shape index (κ2) is 9.15. The Bertz CT molecular complexity index is 961. The Balaban J connectivity index is 1.83. The second-order valence-corrected chi connectivity index (χ2v) is 9.27. The molecule has 1 fully saturated rings. The van der Waals surface area contributed by atoms with E-state index in [0.29, 0.717) is 29.2 Å². The lowest BCUT2D eigenvalue weighted by Gasteiger charge is -2.35. The zero-order valence-corrected chi connectivity index (χ0v) is 19.8. The molecule has 1 aromatic carbocycles. The van der Waals surface area contributed by atoms with Gasteiger partial charge in [0.05, 0.1) is 14.2 Å². The van der Waals surface area contributed by atoms with Gasteiger partial charge in [0.15, 0.2) is 17.3 Å². The van der Waals surface area contributed by atoms with Gasteiger partial charge in [0.1, 0.15) is 12.0 Å². The first-order valence-corrected chi connectivity index (χ1v) is 11.7. The summed E-state index contributed by atoms with van der Waals surface area (Å²) in [6, 6.07) is 3.68. The van der Waals surface area contributed by atoms with Crippen LogP contribution in [0.5, 0.6) is 11.5 Å². The van der Waals surface area contributed by atoms with Gasteiger partial charge in [-0.1, -0.05) is 15.9 Å². The summed E-state index contributed by atoms with van der Waals surface area (Å²) >= 11 is 3.65. The summed E-state index contributed by atoms with van der Waals surface area (Å²) in [7, 11) is 3.15. The Labute approximate surface area is 191 Å². The monoisotopic (exact) mass is 489 g/mol. The van der Waals surface area contributed by atoms with Crippen LogP contribution in [0.3, 0.4) is 0 Å². The maximum atomic E-state index is 13.4. The third kappa shape index (κ3) is 4.16. The lowest BCUT2D eigenvalue weighted by molar-refractivity contribution is -0.151. The van der Waals surface area contributed by atoms with Gasteiger partial charge in [-0.3, -0.25) is 14.6 Å². The molecule has 0 radical (unpaired) electrons. The van der Waals surface area contributed by atoms with Crippen molar-refractivity contribution in [2.75, 3.05) is 14.2 Å². The lowest BCUT2D eigenvalue weighted by Crippen LogP contribution is -2.38. The van der Waals surface area contributed by atoms with Crippen LogP contribution in [0.25, 0.3) is 0 Å². The van der Waals surface area contributed by atoms with Gasteiger partial charge in [0, 0.05) is 33.8 Å². The first kappa shape index (κ1) is 22.1. The van der Waals surface area contributed by atoms with Crippen LogP contribution in [0.15, 0.2) is 32.9 Å². The van der Waals surface area contributed by atoms with Gasteiger partial charge >= 0.3 is 5.97 Å². The number of hydrogen-bond donors (Lipinski definition) is 0. The summed E-state index contributed by atoms with van der Waals surface area (Å²) in [4.78, 5) is 31.2. The molecule has 1 aromatic rings. The topological polar surface area (TPSA) is 74.2 Å². The summed E-state index contributed by atoms with van der Waals surface area (Å²) in [5.74, 6) is -0.227. The van der Waals surface area contributed by atoms with E-state index in [1.165, 1.54) is 0 Å². The van der Waals surface area contributed by atoms with E-state index in [0.717, 1.165) is 54.3 Å². The molecular formula is C24H28BrNO5. The molecule has 6 nitrogen and oxygen atoms in total. The summed E-state index contributed by atoms with van der Waals surface area (Å²) < 4.78 is 17.6. The van der Waals surface area contributed by atoms with Crippen molar-refractivity contribution >= 4 is 33.4 Å². The molecule has 0 amide bonds. The van der Waals surface area contributed by atoms with Crippen molar-refractivity contribution < 1.29 is 23.8 Å². The van der Waals surface area contributed by atoms with Gasteiger partial charge in [0.25, 0.3) is 0 Å². The average Bonchev–Trinajstić information content (AvgIpc) is 3.25. The SMILES string of the molecule is COc1cc(Br)c([C@@H]2C3=C(CCCC3=O)N=C(C)C2C(=O)OC2CCCC2)cc1OC. The Morgan fingerprint density at radius 1 is 1.06 bits per heavy atom. The Hall–Kier alpha value is -2.15. The molecule has 1 aliphatic heterocycles. The van der Waals surface area contributed by atoms with E-state index in [-0.39, 0.29) is 17.9 Å². The van der Waals surface area contributed by atoms with Gasteiger partial charge in [-0.15, -0.1) is 0 Å². The molecule has 2 aliphatic carbocycles. The van der Waals surface area contributed by atoms with Gasteiger partial charge in [0.2, 0.25) is 0 Å². The molecule has 0 N–H and O–H groups in total. The van der Waals surface area contributed by atoms with E-state index in [1.54, 1.807) is 14.2 Å². The minimum atomic E-state index is -0.643. The van der Waals surface area contributed by atoms with Crippen molar-refractivity contribution in [1.29, 1.82) is 0 Å². The first-order chi connectivity index (χ1) is 14.9. The molecule has 0 aromatic heterocycles. The van der Waals surface area contributed by atoms with Crippen molar-refractivity contribution in [2.24, 2.45) is 10.9 Å². The quantitative estimate of drug-likeness (QED) is 0.535. The number of carbonyl (C=O) groups excluding carboxylic acids is 2. The standard InChI is InChI=1S/C24H28BrNO5/c1-13-21(24(28)31-14-7-4-5-8-14)22(23-17(26-13)9-6-10-18(23)27)15-11-19(29-2)20(30-3)12-16(15)25/h11-12,14,21-22H,4-10H2,1-3H3/t21?,22-/m0/s1. The van der Waals surface area contributed by atoms with Crippen LogP contribution in [-0.2, 0) is 14.3 Å². The van der Waals surface area contributed by atoms with Gasteiger partial charge in [-0.25, -0.2) is 0 Å². The number of rotatable bonds is 5. The minimum Gasteiger partial charge on any atom is -0.493 e. The summed E-state index contributed by atoms with van der Waals surface area (Å²) in [6.45, 7) is 1.87. The third-order valence-corrected chi connectivity index (χ3v) is 7.20. The number of hydrogen-bond acceptors (Lipinski definition) is 6. The number of allylic oxidation sites excluding steroid dienone is 2. The van der Waals surface area contributed by atoms with Gasteiger partial charge in [-0.05, 0) is 63.1 Å². The van der Waals surface area contributed by atoms with Crippen LogP contribution >= 0.6 is 15.9 Å². The van der Waals surface area contributed by atoms with E-state index in [9.17, 15) is 9.59 Å². The Kier molecular flexibility index (Phi) is 6.51. The number of esters is 1. The molecule has 1 unspecified atom stereocenters. The normalized spacial score (nSPS) is 24.0. The number of carbonyl (C=O) groups is 2. The number of aliphatic imine (C=N–C) groups is 1. The fourth-order valence-corrected chi connectivity index (χ4v) is 5.57. The Morgan fingerprint density at radius 3 is 2.42 bits per heavy atom. The van der Waals surface area contributed by atoms with E-state index >= 15 is 0 Å². The minimum absolute atomic E-state index is 0.0489. The number of ether oxygens (including phenoxy) is 3. The van der Waals surface area contributed by atoms with Crippen LogP contribution < -0.4 is 9.47 Å². The molecule has 0 bridgehead atoms. The van der Waals surface area contributed by atoms with Crippen molar-refractivity contribution in [3.05, 3.63) is 33.4 Å². The molecule has 1 saturated carbocycles. The van der Waals surface area contributed by atoms with Crippen molar-refractivity contribution in [1.82, 2.24) is 0 Å². The van der Waals surface area contributed by atoms with Gasteiger partial charge in [-0.2, -0.15) is 0 Å². The number of Topliss-reactive ketones (excluding diaryl/α,β-unsaturated/α-hetero) is 1. The van der Waals surface area contributed by atoms with Crippen LogP contribution in [0.1, 0.15) is 63.4 Å². The number of methoxy groups -OCH3 is 2. The highest BCUT2D eigenvalue weighted by Gasteiger charge is 2.44. The largest absolute Gasteiger partial charge is 0.493 e. The van der Waals surface area contributed by atoms with Crippen LogP contribution in [-0.4, -0.2) is 37.8 Å². The highest BCUT2D eigenvalue weighted by atomic mass is 79.9. The smallest absolute Gasteiger partial charge is 0.315 e. The predicted molar refractivity (Wildman–Crippen MR) is 121 cm³/mol. The molecule has 31 heavy (non-hydrogen) atoms. The fourth-order valence-electron chi connectivity index (χ4n) is 5.00. The predicted octanol–water partition coefficient (Wildman–Crippen LogP) is 5.13. The summed E-state index contributed by atoms with van der Waals surface area (Å²) in [5, 5.41) is 0. The molecular weight excluding hydrogens is 462 g/mol. The highest BCUT2D eigenvalue weighted by Crippen LogP contribution is 2.48. The van der Waals surface area contributed by atoms with Crippen LogP contribution in [0, 0.1) is 5.92 Å². The van der Waals surface area contributed by atoms with Gasteiger partial charge < -0.3 is 14.2 Å². The average molecular weight is 490 g/mol. The fraction of sp³-hybridized carbons (Fsp3) is 0.542. The molecule has 4 rings (SSSR count). The maximum Gasteiger partial charge on any atom is 0.315 e. The lowest BCUT2D eigenvalue weighted by atomic mass is 9.71. The molecule has 1 heterocycles. The second-order valence-electron chi connectivity index (χ2n) is 8.42. The number of nitrogens with zero attached hydrogens (tertiary/aromatic N) is 1. The molecule has 0 saturated heterocycles. The van der Waals surface area contributed by atoms with E-state index < -0.39 is 11.8 Å². The Morgan fingerprint density at radius 2 is 1.74 bits per heavy atom. The third-order valence-electron chi connectivity index (χ3n) is 6.51. The van der Waals surface area contributed by atoms with E-state index in [2.05, 4.69) is 15.9 Å². The molecule has 0 spiro atoms. The summed E-state index contributed by atoms with van der Waals surface area (Å²) in [5.41, 5.74) is 2.94. The van der Waals surface area contributed by atoms with Crippen molar-refractivity contribution in [3.8, 4) is 11.5 Å². The zero-order valence-electron chi connectivity index (χ0n) is 18.2. The highest BCUT2D eigenvalue weighted by molar-refractivity contribution is 9.10. The number of benzene rings is 1. The van der Waals surface area contributed by atoms with Crippen LogP contribution in [0.4, 0.5) is 0 Å². The zero-order chi connectivity index (χ0) is 22.1. The van der Waals surface area contributed by atoms with E-state index in [1.807, 2.05) is 19.1 Å². The summed E-state index contributed by atoms with van der Waals surface area (Å²) in [6.07, 6.45) is 5.89. The van der Waals surface area contributed by atoms with Crippen molar-refractivity contribution in [3.63, 3.8) is 0 Å². The number of ketones is 1. The van der Waals surface area contributed by atoms with Crippen LogP contribution in [0.2, 0.25) is 0 Å². The maximum absolute atomic E-state index is 13.4. The van der Waals surface area contributed by atoms with Crippen molar-refractivity contribution in [2.45, 2.75) is 63.9 Å². The first-order valence-electron chi connectivity index (χ1n) is 10.9. The molecule has 2 atom stereocenters. The number of halogens is 1. The molecule has 3 aliphatic rings.